The lowest BCUT2D eigenvalue weighted by Crippen LogP contribution is -2.18. The van der Waals surface area contributed by atoms with Crippen LogP contribution in [0.2, 0.25) is 0 Å². The minimum atomic E-state index is 0.186. The van der Waals surface area contributed by atoms with Gasteiger partial charge in [0.2, 0.25) is 0 Å². The Balaban J connectivity index is 1.50. The van der Waals surface area contributed by atoms with Crippen LogP contribution in [0.1, 0.15) is 22.3 Å². The van der Waals surface area contributed by atoms with E-state index < -0.39 is 0 Å². The van der Waals surface area contributed by atoms with Gasteiger partial charge in [-0.25, -0.2) is 0 Å². The van der Waals surface area contributed by atoms with E-state index in [0.717, 1.165) is 22.9 Å². The van der Waals surface area contributed by atoms with Crippen LogP contribution < -0.4 is 5.32 Å². The van der Waals surface area contributed by atoms with Gasteiger partial charge < -0.3 is 5.32 Å². The highest BCUT2D eigenvalue weighted by molar-refractivity contribution is 6.08. The van der Waals surface area contributed by atoms with E-state index >= 15 is 0 Å². The van der Waals surface area contributed by atoms with Gasteiger partial charge in [0, 0.05) is 25.1 Å². The Kier molecular flexibility index (Phi) is 5.54. The molecule has 0 aromatic heterocycles. The number of benzene rings is 3. The van der Waals surface area contributed by atoms with Crippen LogP contribution >= 0.6 is 0 Å². The van der Waals surface area contributed by atoms with Crippen LogP contribution in [0, 0.1) is 0 Å². The van der Waals surface area contributed by atoms with Crippen LogP contribution in [0.5, 0.6) is 0 Å². The lowest BCUT2D eigenvalue weighted by atomic mass is 10.00. The van der Waals surface area contributed by atoms with Gasteiger partial charge in [0.1, 0.15) is 0 Å². The van der Waals surface area contributed by atoms with E-state index in [1.807, 2.05) is 60.7 Å². The standard InChI is InChI=1S/C22H21NO/c24-22(21-14-6-12-19-11-4-5-13-20(19)21)15-17-23-16-7-10-18-8-2-1-3-9-18/h1-14,23H,15-17H2/b10-7+. The molecular formula is C22H21NO. The molecule has 120 valence electrons. The SMILES string of the molecule is O=C(CCNC/C=C/c1ccccc1)c1cccc2ccccc12. The first-order valence-corrected chi connectivity index (χ1v) is 8.28. The molecule has 0 bridgehead atoms. The van der Waals surface area contributed by atoms with Gasteiger partial charge in [0.25, 0.3) is 0 Å². The molecule has 0 aliphatic rings. The van der Waals surface area contributed by atoms with Gasteiger partial charge in [-0.3, -0.25) is 4.79 Å². The molecule has 0 amide bonds. The number of ketones is 1. The number of hydrogen-bond donors (Lipinski definition) is 1. The summed E-state index contributed by atoms with van der Waals surface area (Å²) in [6, 6.07) is 24.1. The van der Waals surface area contributed by atoms with Crippen molar-refractivity contribution < 1.29 is 4.79 Å². The Morgan fingerprint density at radius 3 is 2.50 bits per heavy atom. The van der Waals surface area contributed by atoms with E-state index in [2.05, 4.69) is 29.6 Å². The Bertz CT molecular complexity index is 831. The molecule has 0 fully saturated rings. The topological polar surface area (TPSA) is 29.1 Å². The zero-order valence-corrected chi connectivity index (χ0v) is 13.6. The molecule has 0 saturated carbocycles. The summed E-state index contributed by atoms with van der Waals surface area (Å²) >= 11 is 0. The maximum absolute atomic E-state index is 12.5. The number of nitrogens with one attached hydrogen (secondary N) is 1. The monoisotopic (exact) mass is 315 g/mol. The van der Waals surface area contributed by atoms with Gasteiger partial charge in [-0.1, -0.05) is 84.9 Å². The Labute approximate surface area is 142 Å². The normalized spacial score (nSPS) is 11.2. The lowest BCUT2D eigenvalue weighted by molar-refractivity contribution is 0.0984. The van der Waals surface area contributed by atoms with Crippen molar-refractivity contribution in [3.63, 3.8) is 0 Å². The molecule has 2 nitrogen and oxygen atoms in total. The predicted molar refractivity (Wildman–Crippen MR) is 101 cm³/mol. The Morgan fingerprint density at radius 1 is 0.875 bits per heavy atom. The van der Waals surface area contributed by atoms with Gasteiger partial charge in [0.05, 0.1) is 0 Å². The molecule has 1 N–H and O–H groups in total. The van der Waals surface area contributed by atoms with Crippen molar-refractivity contribution in [3.05, 3.63) is 90.0 Å². The van der Waals surface area contributed by atoms with Crippen molar-refractivity contribution in [2.75, 3.05) is 13.1 Å². The highest BCUT2D eigenvalue weighted by Crippen LogP contribution is 2.19. The lowest BCUT2D eigenvalue weighted by Gasteiger charge is -2.06. The van der Waals surface area contributed by atoms with Crippen molar-refractivity contribution >= 4 is 22.6 Å². The fourth-order valence-corrected chi connectivity index (χ4v) is 2.75. The predicted octanol–water partition coefficient (Wildman–Crippen LogP) is 4.72. The molecular weight excluding hydrogens is 294 g/mol. The van der Waals surface area contributed by atoms with Crippen molar-refractivity contribution in [1.82, 2.24) is 5.32 Å². The quantitative estimate of drug-likeness (QED) is 0.505. The van der Waals surface area contributed by atoms with Crippen LogP contribution in [0.25, 0.3) is 16.8 Å². The number of fused-ring (bicyclic) bond motifs is 1. The zero-order chi connectivity index (χ0) is 16.6. The van der Waals surface area contributed by atoms with E-state index in [0.29, 0.717) is 13.0 Å². The van der Waals surface area contributed by atoms with Crippen molar-refractivity contribution in [3.8, 4) is 0 Å². The number of carbonyl (C=O) groups excluding carboxylic acids is 1. The second kappa shape index (κ2) is 8.23. The Morgan fingerprint density at radius 2 is 1.62 bits per heavy atom. The molecule has 24 heavy (non-hydrogen) atoms. The van der Waals surface area contributed by atoms with E-state index in [-0.39, 0.29) is 5.78 Å². The molecule has 0 aliphatic carbocycles. The van der Waals surface area contributed by atoms with Gasteiger partial charge in [-0.15, -0.1) is 0 Å². The zero-order valence-electron chi connectivity index (χ0n) is 13.6. The first-order valence-electron chi connectivity index (χ1n) is 8.28. The van der Waals surface area contributed by atoms with Gasteiger partial charge in [-0.05, 0) is 16.3 Å². The summed E-state index contributed by atoms with van der Waals surface area (Å²) in [7, 11) is 0. The molecule has 3 rings (SSSR count). The Hall–Kier alpha value is -2.71. The summed E-state index contributed by atoms with van der Waals surface area (Å²) in [6.07, 6.45) is 4.67. The molecule has 3 aromatic carbocycles. The van der Waals surface area contributed by atoms with Crippen molar-refractivity contribution in [2.45, 2.75) is 6.42 Å². The molecule has 0 spiro atoms. The number of Topliss-reactive ketones (excluding diaryl/α,β-unsaturated/α-hetero) is 1. The van der Waals surface area contributed by atoms with Gasteiger partial charge in [-0.2, -0.15) is 0 Å². The maximum Gasteiger partial charge on any atom is 0.164 e. The number of carbonyl (C=O) groups is 1. The molecule has 0 aliphatic heterocycles. The fraction of sp³-hybridized carbons (Fsp3) is 0.136. The average molecular weight is 315 g/mol. The third kappa shape index (κ3) is 4.18. The van der Waals surface area contributed by atoms with Crippen LogP contribution in [0.4, 0.5) is 0 Å². The minimum Gasteiger partial charge on any atom is -0.313 e. The molecule has 0 unspecified atom stereocenters. The van der Waals surface area contributed by atoms with Crippen LogP contribution in [-0.2, 0) is 0 Å². The summed E-state index contributed by atoms with van der Waals surface area (Å²) in [4.78, 5) is 12.5. The van der Waals surface area contributed by atoms with Crippen LogP contribution in [0.3, 0.4) is 0 Å². The number of rotatable bonds is 7. The molecule has 2 heteroatoms. The van der Waals surface area contributed by atoms with Crippen LogP contribution in [-0.4, -0.2) is 18.9 Å². The minimum absolute atomic E-state index is 0.186. The van der Waals surface area contributed by atoms with Gasteiger partial charge >= 0.3 is 0 Å². The summed E-state index contributed by atoms with van der Waals surface area (Å²) in [6.45, 7) is 1.44. The second-order valence-corrected chi connectivity index (χ2v) is 5.72. The van der Waals surface area contributed by atoms with E-state index in [9.17, 15) is 4.79 Å². The van der Waals surface area contributed by atoms with Gasteiger partial charge in [0.15, 0.2) is 5.78 Å². The first kappa shape index (κ1) is 16.2. The third-order valence-electron chi connectivity index (χ3n) is 3.99. The maximum atomic E-state index is 12.5. The highest BCUT2D eigenvalue weighted by atomic mass is 16.1. The molecule has 0 atom stereocenters. The molecule has 3 aromatic rings. The van der Waals surface area contributed by atoms with E-state index in [1.54, 1.807) is 0 Å². The first-order chi connectivity index (χ1) is 11.8. The molecule has 0 saturated heterocycles. The third-order valence-corrected chi connectivity index (χ3v) is 3.99. The van der Waals surface area contributed by atoms with E-state index in [1.165, 1.54) is 5.56 Å². The van der Waals surface area contributed by atoms with Crippen molar-refractivity contribution in [1.29, 1.82) is 0 Å². The molecule has 0 heterocycles. The second-order valence-electron chi connectivity index (χ2n) is 5.72. The van der Waals surface area contributed by atoms with Crippen molar-refractivity contribution in [2.24, 2.45) is 0 Å². The van der Waals surface area contributed by atoms with Crippen LogP contribution in [0.15, 0.2) is 78.9 Å². The summed E-state index contributed by atoms with van der Waals surface area (Å²) in [5.74, 6) is 0.186. The highest BCUT2D eigenvalue weighted by Gasteiger charge is 2.08. The van der Waals surface area contributed by atoms with E-state index in [4.69, 9.17) is 0 Å². The average Bonchev–Trinajstić information content (AvgIpc) is 2.64. The summed E-state index contributed by atoms with van der Waals surface area (Å²) < 4.78 is 0. The molecule has 0 radical (unpaired) electrons. The summed E-state index contributed by atoms with van der Waals surface area (Å²) in [5, 5.41) is 5.45. The largest absolute Gasteiger partial charge is 0.313 e. The fourth-order valence-electron chi connectivity index (χ4n) is 2.75. The smallest absolute Gasteiger partial charge is 0.164 e. The summed E-state index contributed by atoms with van der Waals surface area (Å²) in [5.41, 5.74) is 2.00. The number of hydrogen-bond acceptors (Lipinski definition) is 2.